The van der Waals surface area contributed by atoms with Crippen molar-refractivity contribution in [3.63, 3.8) is 0 Å². The Kier molecular flexibility index (Phi) is 4.66. The van der Waals surface area contributed by atoms with Crippen LogP contribution in [0.25, 0.3) is 6.08 Å². The van der Waals surface area contributed by atoms with Gasteiger partial charge in [0, 0.05) is 18.0 Å². The van der Waals surface area contributed by atoms with Crippen molar-refractivity contribution in [1.29, 1.82) is 0 Å². The van der Waals surface area contributed by atoms with Crippen molar-refractivity contribution in [3.8, 4) is 0 Å². The normalized spacial score (nSPS) is 10.9. The molecular formula is C17H18N2O. The zero-order valence-corrected chi connectivity index (χ0v) is 11.7. The van der Waals surface area contributed by atoms with E-state index in [0.717, 1.165) is 16.9 Å². The highest BCUT2D eigenvalue weighted by molar-refractivity contribution is 6.02. The molecule has 0 atom stereocenters. The average Bonchev–Trinajstić information content (AvgIpc) is 2.46. The van der Waals surface area contributed by atoms with E-state index in [2.05, 4.69) is 24.1 Å². The molecule has 0 spiro atoms. The first-order valence-electron chi connectivity index (χ1n) is 6.66. The van der Waals surface area contributed by atoms with E-state index in [0.29, 0.717) is 5.92 Å². The maximum atomic E-state index is 11.9. The maximum Gasteiger partial charge on any atom is 0.248 e. The summed E-state index contributed by atoms with van der Waals surface area (Å²) in [6, 6.07) is 13.4. The summed E-state index contributed by atoms with van der Waals surface area (Å²) in [7, 11) is 0. The summed E-state index contributed by atoms with van der Waals surface area (Å²) in [6.45, 7) is 4.21. The lowest BCUT2D eigenvalue weighted by Crippen LogP contribution is -2.10. The third-order valence-electron chi connectivity index (χ3n) is 2.93. The van der Waals surface area contributed by atoms with Crippen LogP contribution in [0, 0.1) is 0 Å². The van der Waals surface area contributed by atoms with Crippen molar-refractivity contribution in [2.45, 2.75) is 19.8 Å². The summed E-state index contributed by atoms with van der Waals surface area (Å²) in [5.74, 6) is 0.218. The predicted octanol–water partition coefficient (Wildman–Crippen LogP) is 3.86. The number of nitrogens with one attached hydrogen (secondary N) is 1. The van der Waals surface area contributed by atoms with E-state index in [9.17, 15) is 4.79 Å². The molecule has 2 aromatic rings. The second-order valence-electron chi connectivity index (χ2n) is 4.82. The van der Waals surface area contributed by atoms with E-state index in [1.165, 1.54) is 6.08 Å². The SMILES string of the molecule is CC(C)c1ccccc1NC(=O)C=Cc1ccccn1. The zero-order chi connectivity index (χ0) is 14.4. The van der Waals surface area contributed by atoms with Crippen molar-refractivity contribution >= 4 is 17.7 Å². The molecule has 1 heterocycles. The molecule has 1 aromatic heterocycles. The Morgan fingerprint density at radius 3 is 2.60 bits per heavy atom. The Balaban J connectivity index is 2.07. The lowest BCUT2D eigenvalue weighted by molar-refractivity contribution is -0.111. The van der Waals surface area contributed by atoms with Gasteiger partial charge in [0.05, 0.1) is 5.69 Å². The monoisotopic (exact) mass is 266 g/mol. The molecule has 0 bridgehead atoms. The van der Waals surface area contributed by atoms with Gasteiger partial charge in [0.2, 0.25) is 5.91 Å². The number of carbonyl (C=O) groups is 1. The van der Waals surface area contributed by atoms with Gasteiger partial charge in [0.1, 0.15) is 0 Å². The third-order valence-corrected chi connectivity index (χ3v) is 2.93. The standard InChI is InChI=1S/C17H18N2O/c1-13(2)15-8-3-4-9-16(15)19-17(20)11-10-14-7-5-6-12-18-14/h3-13H,1-2H3,(H,19,20). The van der Waals surface area contributed by atoms with Gasteiger partial charge in [-0.3, -0.25) is 9.78 Å². The average molecular weight is 266 g/mol. The van der Waals surface area contributed by atoms with Crippen molar-refractivity contribution in [3.05, 3.63) is 66.0 Å². The van der Waals surface area contributed by atoms with Gasteiger partial charge in [-0.15, -0.1) is 0 Å². The van der Waals surface area contributed by atoms with Crippen LogP contribution in [-0.2, 0) is 4.79 Å². The van der Waals surface area contributed by atoms with Gasteiger partial charge < -0.3 is 5.32 Å². The second-order valence-corrected chi connectivity index (χ2v) is 4.82. The summed E-state index contributed by atoms with van der Waals surface area (Å²) in [4.78, 5) is 16.1. The Hall–Kier alpha value is -2.42. The predicted molar refractivity (Wildman–Crippen MR) is 82.4 cm³/mol. The molecular weight excluding hydrogens is 248 g/mol. The van der Waals surface area contributed by atoms with E-state index in [1.54, 1.807) is 12.3 Å². The van der Waals surface area contributed by atoms with Gasteiger partial charge in [-0.1, -0.05) is 38.1 Å². The van der Waals surface area contributed by atoms with E-state index in [-0.39, 0.29) is 5.91 Å². The number of carbonyl (C=O) groups excluding carboxylic acids is 1. The second kappa shape index (κ2) is 6.66. The molecule has 0 radical (unpaired) electrons. The molecule has 1 N–H and O–H groups in total. The molecule has 2 rings (SSSR count). The van der Waals surface area contributed by atoms with E-state index >= 15 is 0 Å². The Bertz CT molecular complexity index is 603. The lowest BCUT2D eigenvalue weighted by atomic mass is 10.0. The minimum atomic E-state index is -0.149. The van der Waals surface area contributed by atoms with Gasteiger partial charge >= 0.3 is 0 Å². The molecule has 0 saturated carbocycles. The number of nitrogens with zero attached hydrogens (tertiary/aromatic N) is 1. The molecule has 0 saturated heterocycles. The largest absolute Gasteiger partial charge is 0.322 e. The fraction of sp³-hybridized carbons (Fsp3) is 0.176. The summed E-state index contributed by atoms with van der Waals surface area (Å²) in [5.41, 5.74) is 2.75. The van der Waals surface area contributed by atoms with E-state index in [4.69, 9.17) is 0 Å². The number of hydrogen-bond acceptors (Lipinski definition) is 2. The first-order valence-corrected chi connectivity index (χ1v) is 6.66. The molecule has 1 aromatic carbocycles. The van der Waals surface area contributed by atoms with Gasteiger partial charge in [0.25, 0.3) is 0 Å². The summed E-state index contributed by atoms with van der Waals surface area (Å²) >= 11 is 0. The Morgan fingerprint density at radius 2 is 1.90 bits per heavy atom. The first-order chi connectivity index (χ1) is 9.66. The maximum absolute atomic E-state index is 11.9. The summed E-state index contributed by atoms with van der Waals surface area (Å²) < 4.78 is 0. The summed E-state index contributed by atoms with van der Waals surface area (Å²) in [6.07, 6.45) is 4.90. The highest BCUT2D eigenvalue weighted by Crippen LogP contribution is 2.23. The minimum Gasteiger partial charge on any atom is -0.322 e. The van der Waals surface area contributed by atoms with Gasteiger partial charge in [-0.25, -0.2) is 0 Å². The summed E-state index contributed by atoms with van der Waals surface area (Å²) in [5, 5.41) is 2.91. The fourth-order valence-corrected chi connectivity index (χ4v) is 1.92. The Labute approximate surface area is 119 Å². The fourth-order valence-electron chi connectivity index (χ4n) is 1.92. The van der Waals surface area contributed by atoms with Gasteiger partial charge in [0.15, 0.2) is 0 Å². The number of benzene rings is 1. The quantitative estimate of drug-likeness (QED) is 0.854. The number of amides is 1. The van der Waals surface area contributed by atoms with Crippen LogP contribution in [0.1, 0.15) is 31.0 Å². The molecule has 0 aliphatic heterocycles. The highest BCUT2D eigenvalue weighted by atomic mass is 16.1. The molecule has 3 heteroatoms. The topological polar surface area (TPSA) is 42.0 Å². The van der Waals surface area contributed by atoms with Crippen LogP contribution in [0.2, 0.25) is 0 Å². The van der Waals surface area contributed by atoms with Crippen molar-refractivity contribution in [2.24, 2.45) is 0 Å². The van der Waals surface area contributed by atoms with Crippen LogP contribution in [0.5, 0.6) is 0 Å². The van der Waals surface area contributed by atoms with Crippen LogP contribution in [-0.4, -0.2) is 10.9 Å². The molecule has 0 unspecified atom stereocenters. The molecule has 102 valence electrons. The molecule has 0 aliphatic carbocycles. The number of aromatic nitrogens is 1. The van der Waals surface area contributed by atoms with Crippen LogP contribution in [0.15, 0.2) is 54.7 Å². The van der Waals surface area contributed by atoms with Crippen LogP contribution < -0.4 is 5.32 Å². The number of para-hydroxylation sites is 1. The lowest BCUT2D eigenvalue weighted by Gasteiger charge is -2.12. The first kappa shape index (κ1) is 14.0. The van der Waals surface area contributed by atoms with Crippen molar-refractivity contribution in [2.75, 3.05) is 5.32 Å². The smallest absolute Gasteiger partial charge is 0.248 e. The third kappa shape index (κ3) is 3.79. The number of anilines is 1. The molecule has 20 heavy (non-hydrogen) atoms. The molecule has 1 amide bonds. The van der Waals surface area contributed by atoms with Crippen LogP contribution in [0.4, 0.5) is 5.69 Å². The van der Waals surface area contributed by atoms with E-state index < -0.39 is 0 Å². The van der Waals surface area contributed by atoms with Gasteiger partial charge in [-0.2, -0.15) is 0 Å². The molecule has 0 fully saturated rings. The molecule has 0 aliphatic rings. The Morgan fingerprint density at radius 1 is 1.15 bits per heavy atom. The molecule has 3 nitrogen and oxygen atoms in total. The number of pyridine rings is 1. The van der Waals surface area contributed by atoms with Crippen molar-refractivity contribution in [1.82, 2.24) is 4.98 Å². The number of rotatable bonds is 4. The number of hydrogen-bond donors (Lipinski definition) is 1. The van der Waals surface area contributed by atoms with Crippen LogP contribution in [0.3, 0.4) is 0 Å². The highest BCUT2D eigenvalue weighted by Gasteiger charge is 2.07. The van der Waals surface area contributed by atoms with Gasteiger partial charge in [-0.05, 0) is 35.8 Å². The minimum absolute atomic E-state index is 0.149. The van der Waals surface area contributed by atoms with Crippen LogP contribution >= 0.6 is 0 Å². The van der Waals surface area contributed by atoms with E-state index in [1.807, 2.05) is 42.5 Å². The zero-order valence-electron chi connectivity index (χ0n) is 11.7. The van der Waals surface area contributed by atoms with Crippen molar-refractivity contribution < 1.29 is 4.79 Å².